The van der Waals surface area contributed by atoms with Crippen molar-refractivity contribution in [1.82, 2.24) is 29.9 Å². The lowest BCUT2D eigenvalue weighted by Crippen LogP contribution is -1.99. The lowest BCUT2D eigenvalue weighted by atomic mass is 10.1. The van der Waals surface area contributed by atoms with Gasteiger partial charge in [-0.3, -0.25) is 14.8 Å². The standard InChI is InChI=1S/C15H13N7/c1-22-5-4-12(21-22)15-14(17-8-13(16)19-15)9-2-3-11-10(6-9)7-18-20-11/h2-8H,1H3,(H2,16,19)(H,18,20). The van der Waals surface area contributed by atoms with Crippen LogP contribution in [0.4, 0.5) is 5.82 Å². The second-order valence-electron chi connectivity index (χ2n) is 5.04. The van der Waals surface area contributed by atoms with Gasteiger partial charge in [0, 0.05) is 24.2 Å². The van der Waals surface area contributed by atoms with Crippen LogP contribution in [0.15, 0.2) is 42.9 Å². The number of anilines is 1. The Labute approximate surface area is 125 Å². The maximum Gasteiger partial charge on any atom is 0.142 e. The molecule has 4 aromatic rings. The number of aryl methyl sites for hydroxylation is 1. The second-order valence-corrected chi connectivity index (χ2v) is 5.04. The van der Waals surface area contributed by atoms with Crippen molar-refractivity contribution in [1.29, 1.82) is 0 Å². The summed E-state index contributed by atoms with van der Waals surface area (Å²) in [5.74, 6) is 0.369. The summed E-state index contributed by atoms with van der Waals surface area (Å²) in [4.78, 5) is 8.87. The predicted molar refractivity (Wildman–Crippen MR) is 83.7 cm³/mol. The molecular formula is C15H13N7. The number of hydrogen-bond acceptors (Lipinski definition) is 5. The monoisotopic (exact) mass is 291 g/mol. The summed E-state index contributed by atoms with van der Waals surface area (Å²) in [6, 6.07) is 7.86. The summed E-state index contributed by atoms with van der Waals surface area (Å²) in [6.07, 6.45) is 5.20. The molecule has 3 heterocycles. The van der Waals surface area contributed by atoms with Crippen LogP contribution in [0.3, 0.4) is 0 Å². The molecule has 4 rings (SSSR count). The molecule has 7 heteroatoms. The number of H-pyrrole nitrogens is 1. The van der Waals surface area contributed by atoms with Gasteiger partial charge in [0.05, 0.1) is 23.6 Å². The molecule has 0 aliphatic rings. The number of hydrogen-bond donors (Lipinski definition) is 2. The van der Waals surface area contributed by atoms with Gasteiger partial charge in [0.25, 0.3) is 0 Å². The average Bonchev–Trinajstić information content (AvgIpc) is 3.15. The summed E-state index contributed by atoms with van der Waals surface area (Å²) in [7, 11) is 1.86. The number of aromatic nitrogens is 6. The third-order valence-electron chi connectivity index (χ3n) is 3.46. The highest BCUT2D eigenvalue weighted by Crippen LogP contribution is 2.29. The van der Waals surface area contributed by atoms with Crippen LogP contribution in [0.2, 0.25) is 0 Å². The molecular weight excluding hydrogens is 278 g/mol. The number of nitrogen functional groups attached to an aromatic ring is 1. The van der Waals surface area contributed by atoms with E-state index in [1.807, 2.05) is 37.5 Å². The van der Waals surface area contributed by atoms with Crippen molar-refractivity contribution in [2.75, 3.05) is 5.73 Å². The predicted octanol–water partition coefficient (Wildman–Crippen LogP) is 2.00. The highest BCUT2D eigenvalue weighted by atomic mass is 15.3. The lowest BCUT2D eigenvalue weighted by Gasteiger charge is -2.07. The van der Waals surface area contributed by atoms with E-state index in [0.717, 1.165) is 27.9 Å². The van der Waals surface area contributed by atoms with E-state index in [2.05, 4.69) is 25.3 Å². The number of rotatable bonds is 2. The average molecular weight is 291 g/mol. The van der Waals surface area contributed by atoms with Crippen LogP contribution < -0.4 is 5.73 Å². The van der Waals surface area contributed by atoms with E-state index in [-0.39, 0.29) is 0 Å². The largest absolute Gasteiger partial charge is 0.382 e. The van der Waals surface area contributed by atoms with E-state index in [1.54, 1.807) is 17.1 Å². The van der Waals surface area contributed by atoms with Gasteiger partial charge in [-0.25, -0.2) is 4.98 Å². The maximum atomic E-state index is 5.80. The van der Waals surface area contributed by atoms with Crippen molar-refractivity contribution in [3.05, 3.63) is 42.9 Å². The molecule has 108 valence electrons. The Morgan fingerprint density at radius 2 is 2.05 bits per heavy atom. The van der Waals surface area contributed by atoms with Gasteiger partial charge in [0.2, 0.25) is 0 Å². The van der Waals surface area contributed by atoms with Crippen LogP contribution in [0.1, 0.15) is 0 Å². The summed E-state index contributed by atoms with van der Waals surface area (Å²) in [6.45, 7) is 0. The van der Waals surface area contributed by atoms with Crippen LogP contribution >= 0.6 is 0 Å². The Morgan fingerprint density at radius 3 is 2.86 bits per heavy atom. The molecule has 1 aromatic carbocycles. The first kappa shape index (κ1) is 12.5. The maximum absolute atomic E-state index is 5.80. The zero-order valence-electron chi connectivity index (χ0n) is 11.9. The number of benzene rings is 1. The van der Waals surface area contributed by atoms with Crippen LogP contribution in [0.5, 0.6) is 0 Å². The minimum absolute atomic E-state index is 0.369. The van der Waals surface area contributed by atoms with Gasteiger partial charge in [-0.2, -0.15) is 10.2 Å². The number of fused-ring (bicyclic) bond motifs is 1. The van der Waals surface area contributed by atoms with Crippen molar-refractivity contribution < 1.29 is 0 Å². The first-order valence-corrected chi connectivity index (χ1v) is 6.77. The molecule has 0 saturated heterocycles. The van der Waals surface area contributed by atoms with Gasteiger partial charge in [0.1, 0.15) is 17.2 Å². The SMILES string of the molecule is Cn1ccc(-c2nc(N)cnc2-c2ccc3[nH]ncc3c2)n1. The molecule has 3 N–H and O–H groups in total. The van der Waals surface area contributed by atoms with Crippen molar-refractivity contribution in [2.45, 2.75) is 0 Å². The van der Waals surface area contributed by atoms with Crippen LogP contribution in [-0.2, 0) is 7.05 Å². The fourth-order valence-electron chi connectivity index (χ4n) is 2.42. The Bertz CT molecular complexity index is 967. The van der Waals surface area contributed by atoms with Crippen molar-refractivity contribution in [3.63, 3.8) is 0 Å². The van der Waals surface area contributed by atoms with Crippen LogP contribution in [-0.4, -0.2) is 29.9 Å². The Kier molecular flexibility index (Phi) is 2.65. The zero-order valence-corrected chi connectivity index (χ0v) is 11.9. The minimum Gasteiger partial charge on any atom is -0.382 e. The number of nitrogens with one attached hydrogen (secondary N) is 1. The normalized spacial score (nSPS) is 11.1. The van der Waals surface area contributed by atoms with Gasteiger partial charge in [-0.1, -0.05) is 6.07 Å². The molecule has 0 unspecified atom stereocenters. The van der Waals surface area contributed by atoms with E-state index in [4.69, 9.17) is 5.73 Å². The highest BCUT2D eigenvalue weighted by Gasteiger charge is 2.14. The number of nitrogens with two attached hydrogens (primary N) is 1. The fourth-order valence-corrected chi connectivity index (χ4v) is 2.42. The molecule has 7 nitrogen and oxygen atoms in total. The third kappa shape index (κ3) is 1.99. The molecule has 0 saturated carbocycles. The van der Waals surface area contributed by atoms with E-state index in [1.165, 1.54) is 0 Å². The smallest absolute Gasteiger partial charge is 0.142 e. The summed E-state index contributed by atoms with van der Waals surface area (Å²) < 4.78 is 1.73. The van der Waals surface area contributed by atoms with Crippen LogP contribution in [0.25, 0.3) is 33.5 Å². The molecule has 22 heavy (non-hydrogen) atoms. The number of nitrogens with zero attached hydrogens (tertiary/aromatic N) is 5. The molecule has 0 fully saturated rings. The minimum atomic E-state index is 0.369. The topological polar surface area (TPSA) is 98.3 Å². The lowest BCUT2D eigenvalue weighted by molar-refractivity contribution is 0.770. The van der Waals surface area contributed by atoms with E-state index < -0.39 is 0 Å². The van der Waals surface area contributed by atoms with Crippen molar-refractivity contribution >= 4 is 16.7 Å². The highest BCUT2D eigenvalue weighted by molar-refractivity contribution is 5.86. The van der Waals surface area contributed by atoms with Gasteiger partial charge in [-0.15, -0.1) is 0 Å². The van der Waals surface area contributed by atoms with E-state index in [9.17, 15) is 0 Å². The molecule has 0 spiro atoms. The molecule has 0 atom stereocenters. The fraction of sp³-hybridized carbons (Fsp3) is 0.0667. The van der Waals surface area contributed by atoms with Gasteiger partial charge < -0.3 is 5.73 Å². The second kappa shape index (κ2) is 4.66. The van der Waals surface area contributed by atoms with Crippen molar-refractivity contribution in [3.8, 4) is 22.6 Å². The van der Waals surface area contributed by atoms with E-state index in [0.29, 0.717) is 11.5 Å². The molecule has 0 amide bonds. The summed E-state index contributed by atoms with van der Waals surface area (Å²) in [5, 5.41) is 12.4. The van der Waals surface area contributed by atoms with Crippen molar-refractivity contribution in [2.24, 2.45) is 7.05 Å². The van der Waals surface area contributed by atoms with E-state index >= 15 is 0 Å². The first-order chi connectivity index (χ1) is 10.7. The molecule has 0 aliphatic carbocycles. The third-order valence-corrected chi connectivity index (χ3v) is 3.46. The molecule has 3 aromatic heterocycles. The van der Waals surface area contributed by atoms with Crippen LogP contribution in [0, 0.1) is 0 Å². The number of aromatic amines is 1. The Balaban J connectivity index is 1.94. The zero-order chi connectivity index (χ0) is 15.1. The Morgan fingerprint density at radius 1 is 1.14 bits per heavy atom. The molecule has 0 radical (unpaired) electrons. The summed E-state index contributed by atoms with van der Waals surface area (Å²) in [5.41, 5.74) is 9.88. The van der Waals surface area contributed by atoms with Gasteiger partial charge in [-0.05, 0) is 18.2 Å². The van der Waals surface area contributed by atoms with Gasteiger partial charge in [0.15, 0.2) is 0 Å². The molecule has 0 bridgehead atoms. The quantitative estimate of drug-likeness (QED) is 0.588. The van der Waals surface area contributed by atoms with Gasteiger partial charge >= 0.3 is 0 Å². The summed E-state index contributed by atoms with van der Waals surface area (Å²) >= 11 is 0. The Hall–Kier alpha value is -3.22. The molecule has 0 aliphatic heterocycles. The first-order valence-electron chi connectivity index (χ1n) is 6.77.